The SMILES string of the molecule is O=C(O)CCCCCC[C@H]1[C@@H](CS(=O)Cc2ccccc2)[C@H]2CC[C@@H]1O2. The number of carbonyl (C=O) groups is 1. The van der Waals surface area contributed by atoms with E-state index in [1.807, 2.05) is 30.3 Å². The molecule has 0 aromatic heterocycles. The quantitative estimate of drug-likeness (QED) is 0.588. The Morgan fingerprint density at radius 3 is 2.46 bits per heavy atom. The molecule has 0 amide bonds. The van der Waals surface area contributed by atoms with Gasteiger partial charge in [-0.2, -0.15) is 0 Å². The van der Waals surface area contributed by atoms with Crippen LogP contribution in [0.25, 0.3) is 0 Å². The molecule has 2 bridgehead atoms. The van der Waals surface area contributed by atoms with Gasteiger partial charge in [-0.15, -0.1) is 0 Å². The van der Waals surface area contributed by atoms with Crippen molar-refractivity contribution in [1.82, 2.24) is 0 Å². The van der Waals surface area contributed by atoms with E-state index < -0.39 is 16.8 Å². The summed E-state index contributed by atoms with van der Waals surface area (Å²) in [5.74, 6) is 1.65. The van der Waals surface area contributed by atoms with Gasteiger partial charge in [-0.25, -0.2) is 0 Å². The predicted molar refractivity (Wildman–Crippen MR) is 103 cm³/mol. The first kappa shape index (κ1) is 19.6. The van der Waals surface area contributed by atoms with Crippen LogP contribution in [0.2, 0.25) is 0 Å². The fraction of sp³-hybridized carbons (Fsp3) is 0.667. The van der Waals surface area contributed by atoms with Crippen molar-refractivity contribution < 1.29 is 18.8 Å². The summed E-state index contributed by atoms with van der Waals surface area (Å²) in [6.07, 6.45) is 8.29. The molecule has 2 heterocycles. The predicted octanol–water partition coefficient (Wildman–Crippen LogP) is 4.15. The van der Waals surface area contributed by atoms with Crippen LogP contribution in [-0.2, 0) is 26.1 Å². The highest BCUT2D eigenvalue weighted by atomic mass is 32.2. The molecule has 0 aliphatic carbocycles. The van der Waals surface area contributed by atoms with Crippen LogP contribution in [-0.4, -0.2) is 33.2 Å². The minimum atomic E-state index is -0.844. The molecule has 4 nitrogen and oxygen atoms in total. The molecule has 2 saturated heterocycles. The number of carboxylic acid groups (broad SMARTS) is 1. The van der Waals surface area contributed by atoms with Crippen molar-refractivity contribution in [2.75, 3.05) is 5.75 Å². The number of fused-ring (bicyclic) bond motifs is 2. The lowest BCUT2D eigenvalue weighted by Crippen LogP contribution is -2.31. The molecule has 0 radical (unpaired) electrons. The largest absolute Gasteiger partial charge is 0.481 e. The highest BCUT2D eigenvalue weighted by Crippen LogP contribution is 2.46. The fourth-order valence-corrected chi connectivity index (χ4v) is 6.12. The van der Waals surface area contributed by atoms with Crippen LogP contribution in [0.1, 0.15) is 56.9 Å². The molecule has 0 spiro atoms. The highest BCUT2D eigenvalue weighted by molar-refractivity contribution is 7.84. The minimum Gasteiger partial charge on any atom is -0.481 e. The van der Waals surface area contributed by atoms with Crippen molar-refractivity contribution in [1.29, 1.82) is 0 Å². The van der Waals surface area contributed by atoms with E-state index in [1.54, 1.807) is 0 Å². The Labute approximate surface area is 158 Å². The molecule has 1 unspecified atom stereocenters. The van der Waals surface area contributed by atoms with Crippen LogP contribution < -0.4 is 0 Å². The van der Waals surface area contributed by atoms with Crippen LogP contribution in [0.3, 0.4) is 0 Å². The van der Waals surface area contributed by atoms with Gasteiger partial charge in [0.05, 0.1) is 12.2 Å². The molecule has 2 aliphatic rings. The fourth-order valence-electron chi connectivity index (χ4n) is 4.54. The van der Waals surface area contributed by atoms with E-state index in [-0.39, 0.29) is 6.42 Å². The highest BCUT2D eigenvalue weighted by Gasteiger charge is 2.48. The molecule has 3 rings (SSSR count). The van der Waals surface area contributed by atoms with E-state index in [0.29, 0.717) is 29.8 Å². The third-order valence-corrected chi connectivity index (χ3v) is 7.23. The second-order valence-corrected chi connectivity index (χ2v) is 9.20. The molecule has 1 aromatic carbocycles. The van der Waals surface area contributed by atoms with Crippen LogP contribution in [0.15, 0.2) is 30.3 Å². The van der Waals surface area contributed by atoms with Gasteiger partial charge in [-0.05, 0) is 37.2 Å². The maximum absolute atomic E-state index is 12.7. The van der Waals surface area contributed by atoms with Crippen LogP contribution in [0.4, 0.5) is 0 Å². The second kappa shape index (κ2) is 9.65. The van der Waals surface area contributed by atoms with Gasteiger partial charge in [-0.3, -0.25) is 9.00 Å². The van der Waals surface area contributed by atoms with Crippen molar-refractivity contribution in [3.05, 3.63) is 35.9 Å². The summed E-state index contributed by atoms with van der Waals surface area (Å²) in [6.45, 7) is 0. The van der Waals surface area contributed by atoms with E-state index >= 15 is 0 Å². The Morgan fingerprint density at radius 1 is 1.04 bits per heavy atom. The molecule has 2 fully saturated rings. The Kier molecular flexibility index (Phi) is 7.26. The zero-order chi connectivity index (χ0) is 18.4. The maximum atomic E-state index is 12.7. The Morgan fingerprint density at radius 2 is 1.73 bits per heavy atom. The number of hydrogen-bond donors (Lipinski definition) is 1. The van der Waals surface area contributed by atoms with E-state index in [0.717, 1.165) is 56.3 Å². The Hall–Kier alpha value is -1.20. The molecule has 1 N–H and O–H groups in total. The lowest BCUT2D eigenvalue weighted by atomic mass is 9.77. The van der Waals surface area contributed by atoms with Gasteiger partial charge in [0, 0.05) is 34.6 Å². The first-order valence-corrected chi connectivity index (χ1v) is 11.4. The van der Waals surface area contributed by atoms with Crippen molar-refractivity contribution in [3.8, 4) is 0 Å². The minimum absolute atomic E-state index is 0.276. The smallest absolute Gasteiger partial charge is 0.303 e. The summed E-state index contributed by atoms with van der Waals surface area (Å²) >= 11 is 0. The average molecular weight is 379 g/mol. The van der Waals surface area contributed by atoms with Gasteiger partial charge >= 0.3 is 5.97 Å². The van der Waals surface area contributed by atoms with Crippen molar-refractivity contribution >= 4 is 16.8 Å². The van der Waals surface area contributed by atoms with E-state index in [4.69, 9.17) is 9.84 Å². The van der Waals surface area contributed by atoms with Gasteiger partial charge in [0.25, 0.3) is 0 Å². The zero-order valence-corrected chi connectivity index (χ0v) is 16.2. The second-order valence-electron chi connectivity index (χ2n) is 7.70. The number of aliphatic carboxylic acids is 1. The zero-order valence-electron chi connectivity index (χ0n) is 15.3. The van der Waals surface area contributed by atoms with Gasteiger partial charge in [0.2, 0.25) is 0 Å². The van der Waals surface area contributed by atoms with E-state index in [1.165, 1.54) is 0 Å². The molecular weight excluding hydrogens is 348 g/mol. The molecule has 5 heteroatoms. The number of carboxylic acids is 1. The number of unbranched alkanes of at least 4 members (excludes halogenated alkanes) is 3. The van der Waals surface area contributed by atoms with Crippen LogP contribution in [0.5, 0.6) is 0 Å². The van der Waals surface area contributed by atoms with Crippen molar-refractivity contribution in [2.45, 2.75) is 69.3 Å². The van der Waals surface area contributed by atoms with E-state index in [9.17, 15) is 9.00 Å². The molecule has 0 saturated carbocycles. The standard InChI is InChI=1S/C21H30O4S/c22-21(23)11-7-2-1-6-10-17-18(20-13-12-19(17)25-20)15-26(24)14-16-8-4-3-5-9-16/h3-5,8-9,17-20H,1-2,6-7,10-15H2,(H,22,23)/t17-,18+,19-,20+,26?/m0/s1. The first-order valence-electron chi connectivity index (χ1n) is 9.89. The third-order valence-electron chi connectivity index (χ3n) is 5.82. The lowest BCUT2D eigenvalue weighted by Gasteiger charge is -2.27. The van der Waals surface area contributed by atoms with Crippen LogP contribution >= 0.6 is 0 Å². The molecule has 5 atom stereocenters. The molecule has 2 aliphatic heterocycles. The van der Waals surface area contributed by atoms with Crippen molar-refractivity contribution in [2.24, 2.45) is 11.8 Å². The third kappa shape index (κ3) is 5.40. The van der Waals surface area contributed by atoms with Gasteiger partial charge in [0.15, 0.2) is 0 Å². The Balaban J connectivity index is 1.44. The van der Waals surface area contributed by atoms with Crippen LogP contribution in [0, 0.1) is 11.8 Å². The first-order chi connectivity index (χ1) is 12.6. The van der Waals surface area contributed by atoms with Gasteiger partial charge in [0.1, 0.15) is 0 Å². The number of rotatable bonds is 11. The summed E-state index contributed by atoms with van der Waals surface area (Å²) in [5, 5.41) is 8.69. The van der Waals surface area contributed by atoms with Gasteiger partial charge in [-0.1, -0.05) is 49.6 Å². The van der Waals surface area contributed by atoms with E-state index in [2.05, 4.69) is 0 Å². The molecule has 144 valence electrons. The number of ether oxygens (including phenoxy) is 1. The monoisotopic (exact) mass is 378 g/mol. The normalized spacial score (nSPS) is 28.3. The summed E-state index contributed by atoms with van der Waals surface area (Å²) < 4.78 is 18.8. The average Bonchev–Trinajstić information content (AvgIpc) is 3.21. The number of hydrogen-bond acceptors (Lipinski definition) is 3. The lowest BCUT2D eigenvalue weighted by molar-refractivity contribution is -0.137. The topological polar surface area (TPSA) is 63.6 Å². The summed E-state index contributed by atoms with van der Waals surface area (Å²) in [6, 6.07) is 10.1. The molecule has 26 heavy (non-hydrogen) atoms. The Bertz CT molecular complexity index is 603. The maximum Gasteiger partial charge on any atom is 0.303 e. The number of benzene rings is 1. The molecular formula is C21H30O4S. The molecule has 1 aromatic rings. The van der Waals surface area contributed by atoms with Crippen molar-refractivity contribution in [3.63, 3.8) is 0 Å². The summed E-state index contributed by atoms with van der Waals surface area (Å²) in [7, 11) is -0.844. The summed E-state index contributed by atoms with van der Waals surface area (Å²) in [5.41, 5.74) is 1.14. The summed E-state index contributed by atoms with van der Waals surface area (Å²) in [4.78, 5) is 10.6. The van der Waals surface area contributed by atoms with Gasteiger partial charge < -0.3 is 9.84 Å².